The summed E-state index contributed by atoms with van der Waals surface area (Å²) in [5, 5.41) is 4.57. The van der Waals surface area contributed by atoms with Crippen LogP contribution in [0.5, 0.6) is 0 Å². The van der Waals surface area contributed by atoms with E-state index in [4.69, 9.17) is 17.3 Å². The van der Waals surface area contributed by atoms with Crippen molar-refractivity contribution in [3.8, 4) is 0 Å². The number of hydrogen-bond donors (Lipinski definition) is 2. The second kappa shape index (κ2) is 5.82. The van der Waals surface area contributed by atoms with Crippen molar-refractivity contribution in [1.82, 2.24) is 14.5 Å². The van der Waals surface area contributed by atoms with Gasteiger partial charge in [0.15, 0.2) is 0 Å². The zero-order valence-electron chi connectivity index (χ0n) is 10.9. The molecule has 1 heterocycles. The molecule has 2 aromatic rings. The van der Waals surface area contributed by atoms with Gasteiger partial charge in [-0.1, -0.05) is 11.6 Å². The Morgan fingerprint density at radius 1 is 1.40 bits per heavy atom. The molecule has 0 bridgehead atoms. The van der Waals surface area contributed by atoms with Crippen molar-refractivity contribution in [3.63, 3.8) is 0 Å². The Bertz CT molecular complexity index is 712. The number of nitrogens with zero attached hydrogens (tertiary/aromatic N) is 2. The van der Waals surface area contributed by atoms with Gasteiger partial charge in [0.25, 0.3) is 0 Å². The third-order valence-electron chi connectivity index (χ3n) is 2.70. The Morgan fingerprint density at radius 2 is 2.15 bits per heavy atom. The molecule has 6 nitrogen and oxygen atoms in total. The fraction of sp³-hybridized carbons (Fsp3) is 0.250. The summed E-state index contributed by atoms with van der Waals surface area (Å²) in [4.78, 5) is 0.0305. The molecule has 0 fully saturated rings. The van der Waals surface area contributed by atoms with Gasteiger partial charge in [-0.05, 0) is 24.3 Å². The fourth-order valence-electron chi connectivity index (χ4n) is 1.75. The molecule has 1 aromatic carbocycles. The number of nitrogen functional groups attached to an aromatic ring is 1. The molecule has 0 aliphatic heterocycles. The first-order chi connectivity index (χ1) is 9.38. The van der Waals surface area contributed by atoms with E-state index in [-0.39, 0.29) is 17.1 Å². The molecule has 20 heavy (non-hydrogen) atoms. The van der Waals surface area contributed by atoms with E-state index < -0.39 is 10.0 Å². The van der Waals surface area contributed by atoms with Crippen LogP contribution in [-0.2, 0) is 23.5 Å². The minimum Gasteiger partial charge on any atom is -0.398 e. The topological polar surface area (TPSA) is 90.0 Å². The third-order valence-corrected chi connectivity index (χ3v) is 4.47. The van der Waals surface area contributed by atoms with E-state index in [1.165, 1.54) is 18.2 Å². The molecule has 0 aliphatic rings. The average Bonchev–Trinajstić information content (AvgIpc) is 2.74. The van der Waals surface area contributed by atoms with Crippen molar-refractivity contribution in [1.29, 1.82) is 0 Å². The molecule has 0 aliphatic carbocycles. The van der Waals surface area contributed by atoms with Crippen LogP contribution in [0.15, 0.2) is 35.4 Å². The molecule has 0 amide bonds. The van der Waals surface area contributed by atoms with E-state index in [2.05, 4.69) is 9.82 Å². The summed E-state index contributed by atoms with van der Waals surface area (Å²) in [6, 6.07) is 6.13. The molecule has 0 spiro atoms. The second-order valence-corrected chi connectivity index (χ2v) is 6.48. The van der Waals surface area contributed by atoms with Crippen molar-refractivity contribution >= 4 is 27.3 Å². The summed E-state index contributed by atoms with van der Waals surface area (Å²) >= 11 is 5.75. The van der Waals surface area contributed by atoms with Crippen molar-refractivity contribution in [2.45, 2.75) is 11.3 Å². The number of aromatic nitrogens is 2. The highest BCUT2D eigenvalue weighted by molar-refractivity contribution is 7.89. The maximum atomic E-state index is 12.1. The van der Waals surface area contributed by atoms with Crippen LogP contribution in [0, 0.1) is 0 Å². The maximum absolute atomic E-state index is 12.1. The van der Waals surface area contributed by atoms with Crippen LogP contribution < -0.4 is 10.5 Å². The predicted molar refractivity (Wildman–Crippen MR) is 78.0 cm³/mol. The lowest BCUT2D eigenvalue weighted by Crippen LogP contribution is -2.26. The number of anilines is 1. The molecule has 0 radical (unpaired) electrons. The molecule has 0 saturated heterocycles. The summed E-state index contributed by atoms with van der Waals surface area (Å²) < 4.78 is 28.4. The monoisotopic (exact) mass is 314 g/mol. The van der Waals surface area contributed by atoms with Gasteiger partial charge in [-0.2, -0.15) is 5.10 Å². The third kappa shape index (κ3) is 3.50. The quantitative estimate of drug-likeness (QED) is 0.811. The normalized spacial score (nSPS) is 11.7. The summed E-state index contributed by atoms with van der Waals surface area (Å²) in [7, 11) is -1.83. The highest BCUT2D eigenvalue weighted by Crippen LogP contribution is 2.22. The minimum atomic E-state index is -3.64. The Balaban J connectivity index is 2.04. The molecular formula is C12H15ClN4O2S. The van der Waals surface area contributed by atoms with Gasteiger partial charge in [-0.15, -0.1) is 0 Å². The number of hydrogen-bond acceptors (Lipinski definition) is 4. The lowest BCUT2D eigenvalue weighted by Gasteiger charge is -2.08. The number of aryl methyl sites for hydroxylation is 1. The van der Waals surface area contributed by atoms with E-state index in [1.807, 2.05) is 13.1 Å². The summed E-state index contributed by atoms with van der Waals surface area (Å²) in [5.74, 6) is 0. The first kappa shape index (κ1) is 14.8. The van der Waals surface area contributed by atoms with Gasteiger partial charge in [-0.3, -0.25) is 4.68 Å². The molecule has 2 rings (SSSR count). The maximum Gasteiger partial charge on any atom is 0.242 e. The van der Waals surface area contributed by atoms with Crippen molar-refractivity contribution in [2.75, 3.05) is 12.3 Å². The zero-order valence-corrected chi connectivity index (χ0v) is 12.4. The van der Waals surface area contributed by atoms with Gasteiger partial charge < -0.3 is 5.73 Å². The van der Waals surface area contributed by atoms with Crippen LogP contribution >= 0.6 is 11.6 Å². The van der Waals surface area contributed by atoms with Gasteiger partial charge in [0.2, 0.25) is 10.0 Å². The summed E-state index contributed by atoms with van der Waals surface area (Å²) in [5.41, 5.74) is 6.62. The van der Waals surface area contributed by atoms with Crippen LogP contribution in [0.2, 0.25) is 5.02 Å². The number of halogens is 1. The zero-order chi connectivity index (χ0) is 14.8. The second-order valence-electron chi connectivity index (χ2n) is 4.31. The molecule has 0 saturated carbocycles. The van der Waals surface area contributed by atoms with Gasteiger partial charge in [0.05, 0.1) is 11.4 Å². The summed E-state index contributed by atoms with van der Waals surface area (Å²) in [6.07, 6.45) is 2.31. The van der Waals surface area contributed by atoms with Crippen molar-refractivity contribution in [2.24, 2.45) is 7.05 Å². The van der Waals surface area contributed by atoms with Crippen molar-refractivity contribution < 1.29 is 8.42 Å². The molecule has 8 heteroatoms. The summed E-state index contributed by atoms with van der Waals surface area (Å²) in [6.45, 7) is 0.251. The van der Waals surface area contributed by atoms with Gasteiger partial charge in [0.1, 0.15) is 4.90 Å². The molecule has 0 unspecified atom stereocenters. The predicted octanol–water partition coefficient (Wildman–Crippen LogP) is 1.18. The van der Waals surface area contributed by atoms with E-state index in [9.17, 15) is 8.42 Å². The highest BCUT2D eigenvalue weighted by atomic mass is 35.5. The number of nitrogens with one attached hydrogen (secondary N) is 1. The Hall–Kier alpha value is -1.57. The van der Waals surface area contributed by atoms with E-state index >= 15 is 0 Å². The van der Waals surface area contributed by atoms with E-state index in [0.717, 1.165) is 5.69 Å². The SMILES string of the molecule is Cn1ccc(CCNS(=O)(=O)c2ccc(Cl)cc2N)n1. The van der Waals surface area contributed by atoms with Crippen molar-refractivity contribution in [3.05, 3.63) is 41.2 Å². The van der Waals surface area contributed by atoms with Crippen LogP contribution in [0.3, 0.4) is 0 Å². The Morgan fingerprint density at radius 3 is 2.75 bits per heavy atom. The van der Waals surface area contributed by atoms with Crippen LogP contribution in [-0.4, -0.2) is 24.7 Å². The smallest absolute Gasteiger partial charge is 0.242 e. The van der Waals surface area contributed by atoms with E-state index in [0.29, 0.717) is 11.4 Å². The lowest BCUT2D eigenvalue weighted by molar-refractivity contribution is 0.581. The molecular weight excluding hydrogens is 300 g/mol. The largest absolute Gasteiger partial charge is 0.398 e. The van der Waals surface area contributed by atoms with Crippen LogP contribution in [0.1, 0.15) is 5.69 Å². The van der Waals surface area contributed by atoms with Gasteiger partial charge >= 0.3 is 0 Å². The van der Waals surface area contributed by atoms with Crippen LogP contribution in [0.4, 0.5) is 5.69 Å². The van der Waals surface area contributed by atoms with E-state index in [1.54, 1.807) is 10.9 Å². The first-order valence-corrected chi connectivity index (χ1v) is 7.78. The molecule has 108 valence electrons. The number of rotatable bonds is 5. The first-order valence-electron chi connectivity index (χ1n) is 5.92. The number of benzene rings is 1. The minimum absolute atomic E-state index is 0.0305. The Kier molecular flexibility index (Phi) is 4.32. The Labute approximate surface area is 122 Å². The molecule has 3 N–H and O–H groups in total. The fourth-order valence-corrected chi connectivity index (χ4v) is 3.08. The lowest BCUT2D eigenvalue weighted by atomic mass is 10.3. The van der Waals surface area contributed by atoms with Gasteiger partial charge in [-0.25, -0.2) is 13.1 Å². The molecule has 0 atom stereocenters. The van der Waals surface area contributed by atoms with Crippen LogP contribution in [0.25, 0.3) is 0 Å². The number of sulfonamides is 1. The average molecular weight is 315 g/mol. The highest BCUT2D eigenvalue weighted by Gasteiger charge is 2.17. The standard InChI is InChI=1S/C12H15ClN4O2S/c1-17-7-5-10(16-17)4-6-15-20(18,19)12-3-2-9(13)8-11(12)14/h2-3,5,7-8,15H,4,6,14H2,1H3. The molecule has 1 aromatic heterocycles. The number of nitrogens with two attached hydrogens (primary N) is 1. The van der Waals surface area contributed by atoms with Gasteiger partial charge in [0, 0.05) is 31.2 Å².